The molecule has 0 aliphatic rings. The monoisotopic (exact) mass is 188 g/mol. The van der Waals surface area contributed by atoms with Crippen LogP contribution in [0.4, 0.5) is 0 Å². The van der Waals surface area contributed by atoms with E-state index < -0.39 is 0 Å². The number of carbonyl (C=O) groups excluding carboxylic acids is 1. The van der Waals surface area contributed by atoms with Gasteiger partial charge >= 0.3 is 0 Å². The quantitative estimate of drug-likeness (QED) is 0.471. The first kappa shape index (κ1) is 12.0. The fourth-order valence-electron chi connectivity index (χ4n) is 1.41. The van der Waals surface area contributed by atoms with Crippen molar-refractivity contribution in [1.82, 2.24) is 0 Å². The number of aldehydes is 1. The molecule has 0 aromatic heterocycles. The van der Waals surface area contributed by atoms with Gasteiger partial charge in [-0.1, -0.05) is 27.7 Å². The molecule has 2 heteroatoms. The predicted octanol–water partition coefficient (Wildman–Crippen LogP) is 2.85. The molecule has 0 spiro atoms. The molecule has 0 aliphatic carbocycles. The van der Waals surface area contributed by atoms with E-state index in [-0.39, 0.29) is 0 Å². The molecule has 12 heavy (non-hydrogen) atoms. The fourth-order valence-corrected chi connectivity index (χ4v) is 2.68. The highest BCUT2D eigenvalue weighted by Crippen LogP contribution is 2.24. The van der Waals surface area contributed by atoms with Gasteiger partial charge in [0.1, 0.15) is 6.29 Å². The first-order valence-corrected chi connectivity index (χ1v) is 5.76. The zero-order valence-corrected chi connectivity index (χ0v) is 9.36. The van der Waals surface area contributed by atoms with Crippen LogP contribution in [0.5, 0.6) is 0 Å². The highest BCUT2D eigenvalue weighted by Gasteiger charge is 2.16. The van der Waals surface area contributed by atoms with Gasteiger partial charge in [0.15, 0.2) is 0 Å². The van der Waals surface area contributed by atoms with E-state index in [1.165, 1.54) is 0 Å². The van der Waals surface area contributed by atoms with Crippen molar-refractivity contribution in [3.05, 3.63) is 0 Å². The van der Waals surface area contributed by atoms with Crippen molar-refractivity contribution in [2.24, 2.45) is 17.8 Å². The Balaban J connectivity index is 3.71. The summed E-state index contributed by atoms with van der Waals surface area (Å²) in [6.45, 7) is 9.02. The van der Waals surface area contributed by atoms with Gasteiger partial charge in [0, 0.05) is 5.75 Å². The zero-order chi connectivity index (χ0) is 9.56. The van der Waals surface area contributed by atoms with Gasteiger partial charge < -0.3 is 4.79 Å². The van der Waals surface area contributed by atoms with E-state index in [1.807, 2.05) is 0 Å². The normalized spacial score (nSPS) is 11.6. The van der Waals surface area contributed by atoms with Crippen LogP contribution in [0.1, 0.15) is 27.7 Å². The van der Waals surface area contributed by atoms with Gasteiger partial charge in [0.05, 0.1) is 0 Å². The summed E-state index contributed by atoms with van der Waals surface area (Å²) in [4.78, 5) is 10.1. The van der Waals surface area contributed by atoms with Crippen LogP contribution >= 0.6 is 11.8 Å². The maximum absolute atomic E-state index is 10.1. The van der Waals surface area contributed by atoms with E-state index in [9.17, 15) is 4.79 Å². The van der Waals surface area contributed by atoms with Crippen LogP contribution in [-0.2, 0) is 4.79 Å². The minimum Gasteiger partial charge on any atom is -0.302 e. The molecule has 0 bridgehead atoms. The van der Waals surface area contributed by atoms with Crippen molar-refractivity contribution in [2.45, 2.75) is 27.7 Å². The number of carbonyl (C=O) groups is 1. The summed E-state index contributed by atoms with van der Waals surface area (Å²) in [5.74, 6) is 3.97. The number of rotatable bonds is 6. The summed E-state index contributed by atoms with van der Waals surface area (Å²) in [6.07, 6.45) is 0.988. The van der Waals surface area contributed by atoms with Gasteiger partial charge in [-0.3, -0.25) is 0 Å². The summed E-state index contributed by atoms with van der Waals surface area (Å²) in [6, 6.07) is 0. The van der Waals surface area contributed by atoms with E-state index in [1.54, 1.807) is 11.8 Å². The number of hydrogen-bond donors (Lipinski definition) is 0. The van der Waals surface area contributed by atoms with Gasteiger partial charge in [-0.15, -0.1) is 0 Å². The first-order valence-electron chi connectivity index (χ1n) is 4.61. The Labute approximate surface area is 80.3 Å². The lowest BCUT2D eigenvalue weighted by Crippen LogP contribution is -2.18. The standard InChI is InChI=1S/C10H20OS/c1-8(2)10(9(3)4)7-12-6-5-11/h5,8-10H,6-7H2,1-4H3. The molecule has 0 amide bonds. The third-order valence-corrected chi connectivity index (χ3v) is 3.20. The van der Waals surface area contributed by atoms with Gasteiger partial charge in [-0.05, 0) is 23.5 Å². The molecule has 0 aliphatic heterocycles. The van der Waals surface area contributed by atoms with Crippen molar-refractivity contribution in [2.75, 3.05) is 11.5 Å². The largest absolute Gasteiger partial charge is 0.302 e. The lowest BCUT2D eigenvalue weighted by Gasteiger charge is -2.23. The average molecular weight is 188 g/mol. The summed E-state index contributed by atoms with van der Waals surface area (Å²) >= 11 is 1.75. The molecule has 0 heterocycles. The van der Waals surface area contributed by atoms with Gasteiger partial charge in [0.2, 0.25) is 0 Å². The maximum atomic E-state index is 10.1. The SMILES string of the molecule is CC(C)C(CSCC=O)C(C)C. The minimum absolute atomic E-state index is 0.649. The molecule has 0 N–H and O–H groups in total. The summed E-state index contributed by atoms with van der Waals surface area (Å²) in [7, 11) is 0. The molecule has 0 unspecified atom stereocenters. The molecule has 0 rings (SSSR count). The summed E-state index contributed by atoms with van der Waals surface area (Å²) in [5, 5.41) is 0. The molecule has 0 saturated heterocycles. The van der Waals surface area contributed by atoms with Crippen molar-refractivity contribution >= 4 is 18.0 Å². The molecule has 1 nitrogen and oxygen atoms in total. The van der Waals surface area contributed by atoms with E-state index >= 15 is 0 Å². The molecule has 0 radical (unpaired) electrons. The first-order chi connectivity index (χ1) is 5.59. The molecule has 0 fully saturated rings. The van der Waals surface area contributed by atoms with Gasteiger partial charge in [-0.2, -0.15) is 11.8 Å². The van der Waals surface area contributed by atoms with Crippen molar-refractivity contribution in [3.8, 4) is 0 Å². The highest BCUT2D eigenvalue weighted by atomic mass is 32.2. The second kappa shape index (κ2) is 6.53. The van der Waals surface area contributed by atoms with E-state index in [4.69, 9.17) is 0 Å². The lowest BCUT2D eigenvalue weighted by atomic mass is 9.87. The topological polar surface area (TPSA) is 17.1 Å². The van der Waals surface area contributed by atoms with Gasteiger partial charge in [-0.25, -0.2) is 0 Å². The van der Waals surface area contributed by atoms with Crippen LogP contribution in [-0.4, -0.2) is 17.8 Å². The molecule has 0 aromatic carbocycles. The van der Waals surface area contributed by atoms with E-state index in [0.717, 1.165) is 29.8 Å². The minimum atomic E-state index is 0.649. The molecular formula is C10H20OS. The second-order valence-electron chi connectivity index (χ2n) is 3.86. The fraction of sp³-hybridized carbons (Fsp3) is 0.900. The predicted molar refractivity (Wildman–Crippen MR) is 56.6 cm³/mol. The molecular weight excluding hydrogens is 168 g/mol. The Morgan fingerprint density at radius 3 is 2.00 bits per heavy atom. The maximum Gasteiger partial charge on any atom is 0.129 e. The van der Waals surface area contributed by atoms with Crippen molar-refractivity contribution < 1.29 is 4.79 Å². The number of thioether (sulfide) groups is 1. The third-order valence-electron chi connectivity index (χ3n) is 2.21. The van der Waals surface area contributed by atoms with Crippen LogP contribution in [0.3, 0.4) is 0 Å². The number of hydrogen-bond acceptors (Lipinski definition) is 2. The molecule has 0 saturated carbocycles. The third kappa shape index (κ3) is 4.81. The second-order valence-corrected chi connectivity index (χ2v) is 4.93. The Morgan fingerprint density at radius 2 is 1.67 bits per heavy atom. The van der Waals surface area contributed by atoms with Crippen molar-refractivity contribution in [1.29, 1.82) is 0 Å². The molecule has 72 valence electrons. The average Bonchev–Trinajstić information content (AvgIpc) is 1.96. The van der Waals surface area contributed by atoms with E-state index in [2.05, 4.69) is 27.7 Å². The van der Waals surface area contributed by atoms with E-state index in [0.29, 0.717) is 5.75 Å². The van der Waals surface area contributed by atoms with Crippen LogP contribution < -0.4 is 0 Å². The highest BCUT2D eigenvalue weighted by molar-refractivity contribution is 7.99. The Kier molecular flexibility index (Phi) is 6.54. The van der Waals surface area contributed by atoms with Crippen LogP contribution in [0.25, 0.3) is 0 Å². The Bertz CT molecular complexity index is 113. The summed E-state index contributed by atoms with van der Waals surface area (Å²) < 4.78 is 0. The Morgan fingerprint density at radius 1 is 1.17 bits per heavy atom. The van der Waals surface area contributed by atoms with Crippen molar-refractivity contribution in [3.63, 3.8) is 0 Å². The molecule has 0 atom stereocenters. The van der Waals surface area contributed by atoms with Crippen LogP contribution in [0.2, 0.25) is 0 Å². The van der Waals surface area contributed by atoms with Crippen LogP contribution in [0, 0.1) is 17.8 Å². The lowest BCUT2D eigenvalue weighted by molar-refractivity contribution is -0.105. The summed E-state index contributed by atoms with van der Waals surface area (Å²) in [5.41, 5.74) is 0. The van der Waals surface area contributed by atoms with Gasteiger partial charge in [0.25, 0.3) is 0 Å². The zero-order valence-electron chi connectivity index (χ0n) is 8.54. The Hall–Kier alpha value is 0.0200. The van der Waals surface area contributed by atoms with Crippen LogP contribution in [0.15, 0.2) is 0 Å². The smallest absolute Gasteiger partial charge is 0.129 e. The molecule has 0 aromatic rings.